The molecular weight excluding hydrogens is 260 g/mol. The van der Waals surface area contributed by atoms with Crippen molar-refractivity contribution in [3.05, 3.63) is 18.2 Å². The fourth-order valence-electron chi connectivity index (χ4n) is 2.21. The van der Waals surface area contributed by atoms with E-state index in [1.807, 2.05) is 13.8 Å². The topological polar surface area (TPSA) is 107 Å². The summed E-state index contributed by atoms with van der Waals surface area (Å²) in [6.45, 7) is 3.91. The predicted molar refractivity (Wildman–Crippen MR) is 72.2 cm³/mol. The van der Waals surface area contributed by atoms with Crippen LogP contribution in [0.25, 0.3) is 0 Å². The molecule has 7 heteroatoms. The van der Waals surface area contributed by atoms with E-state index in [1.54, 1.807) is 6.20 Å². The third-order valence-corrected chi connectivity index (χ3v) is 3.62. The molecule has 1 heterocycles. The van der Waals surface area contributed by atoms with Gasteiger partial charge in [-0.3, -0.25) is 0 Å². The third-order valence-electron chi connectivity index (χ3n) is 3.62. The highest BCUT2D eigenvalue weighted by Gasteiger charge is 2.39. The first-order chi connectivity index (χ1) is 9.38. The molecule has 1 atom stereocenters. The van der Waals surface area contributed by atoms with Gasteiger partial charge in [0, 0.05) is 23.9 Å². The standard InChI is InChI=1S/C13H20N4O3/c1-13(2,8-3-4-8)17-12(20)16-10(11(18)19)5-9-6-14-7-15-9/h6-8,10H,3-5H2,1-2H3,(H,14,15)(H,18,19)(H2,16,17,20). The lowest BCUT2D eigenvalue weighted by atomic mass is 9.99. The molecule has 1 fully saturated rings. The molecule has 1 saturated carbocycles. The molecule has 2 rings (SSSR count). The average molecular weight is 280 g/mol. The Balaban J connectivity index is 1.90. The van der Waals surface area contributed by atoms with Crippen LogP contribution in [0.3, 0.4) is 0 Å². The molecule has 1 unspecified atom stereocenters. The summed E-state index contributed by atoms with van der Waals surface area (Å²) in [5.41, 5.74) is 0.361. The number of aliphatic carboxylic acids is 1. The molecule has 1 aromatic rings. The molecule has 4 N–H and O–H groups in total. The van der Waals surface area contributed by atoms with Gasteiger partial charge in [0.2, 0.25) is 0 Å². The van der Waals surface area contributed by atoms with E-state index in [-0.39, 0.29) is 12.0 Å². The van der Waals surface area contributed by atoms with Crippen LogP contribution in [-0.4, -0.2) is 38.7 Å². The molecule has 20 heavy (non-hydrogen) atoms. The highest BCUT2D eigenvalue weighted by Crippen LogP contribution is 2.39. The summed E-state index contributed by atoms with van der Waals surface area (Å²) in [7, 11) is 0. The Morgan fingerprint density at radius 2 is 2.25 bits per heavy atom. The SMILES string of the molecule is CC(C)(NC(=O)NC(Cc1cnc[nH]1)C(=O)O)C1CC1. The molecule has 0 bridgehead atoms. The Morgan fingerprint density at radius 3 is 2.75 bits per heavy atom. The molecule has 0 aliphatic heterocycles. The zero-order valence-electron chi connectivity index (χ0n) is 11.6. The number of aromatic nitrogens is 2. The Hall–Kier alpha value is -2.05. The van der Waals surface area contributed by atoms with Crippen molar-refractivity contribution in [2.45, 2.75) is 44.7 Å². The summed E-state index contributed by atoms with van der Waals surface area (Å²) in [5, 5.41) is 14.5. The normalized spacial score (nSPS) is 16.5. The lowest BCUT2D eigenvalue weighted by Crippen LogP contribution is -2.54. The smallest absolute Gasteiger partial charge is 0.326 e. The Morgan fingerprint density at radius 1 is 1.55 bits per heavy atom. The quantitative estimate of drug-likeness (QED) is 0.620. The van der Waals surface area contributed by atoms with Gasteiger partial charge in [-0.25, -0.2) is 14.6 Å². The highest BCUT2D eigenvalue weighted by atomic mass is 16.4. The largest absolute Gasteiger partial charge is 0.480 e. The van der Waals surface area contributed by atoms with Crippen LogP contribution in [0.15, 0.2) is 12.5 Å². The second-order valence-corrected chi connectivity index (χ2v) is 5.77. The minimum Gasteiger partial charge on any atom is -0.480 e. The number of aromatic amines is 1. The van der Waals surface area contributed by atoms with E-state index in [1.165, 1.54) is 6.33 Å². The first-order valence-electron chi connectivity index (χ1n) is 6.67. The number of carbonyl (C=O) groups excluding carboxylic acids is 1. The lowest BCUT2D eigenvalue weighted by Gasteiger charge is -2.27. The van der Waals surface area contributed by atoms with Gasteiger partial charge in [-0.15, -0.1) is 0 Å². The van der Waals surface area contributed by atoms with E-state index in [9.17, 15) is 9.59 Å². The van der Waals surface area contributed by atoms with Gasteiger partial charge < -0.3 is 20.7 Å². The maximum absolute atomic E-state index is 11.9. The van der Waals surface area contributed by atoms with Crippen LogP contribution >= 0.6 is 0 Å². The van der Waals surface area contributed by atoms with Gasteiger partial charge >= 0.3 is 12.0 Å². The van der Waals surface area contributed by atoms with Gasteiger partial charge in [0.25, 0.3) is 0 Å². The van der Waals surface area contributed by atoms with Crippen LogP contribution in [0, 0.1) is 5.92 Å². The van der Waals surface area contributed by atoms with Crippen molar-refractivity contribution in [2.75, 3.05) is 0 Å². The van der Waals surface area contributed by atoms with Crippen molar-refractivity contribution in [1.82, 2.24) is 20.6 Å². The maximum Gasteiger partial charge on any atom is 0.326 e. The minimum absolute atomic E-state index is 0.173. The van der Waals surface area contributed by atoms with Crippen LogP contribution in [0.2, 0.25) is 0 Å². The summed E-state index contributed by atoms with van der Waals surface area (Å²) in [4.78, 5) is 29.8. The molecule has 7 nitrogen and oxygen atoms in total. The molecule has 2 amide bonds. The average Bonchev–Trinajstić information content (AvgIpc) is 3.08. The Labute approximate surface area is 117 Å². The second-order valence-electron chi connectivity index (χ2n) is 5.77. The number of amides is 2. The van der Waals surface area contributed by atoms with Crippen LogP contribution in [-0.2, 0) is 11.2 Å². The number of urea groups is 1. The zero-order chi connectivity index (χ0) is 14.8. The number of imidazole rings is 1. The Bertz CT molecular complexity index is 480. The molecule has 1 aromatic heterocycles. The highest BCUT2D eigenvalue weighted by molar-refractivity contribution is 5.83. The van der Waals surface area contributed by atoms with E-state index in [4.69, 9.17) is 5.11 Å². The number of nitrogens with zero attached hydrogens (tertiary/aromatic N) is 1. The number of nitrogens with one attached hydrogen (secondary N) is 3. The van der Waals surface area contributed by atoms with Crippen LogP contribution in [0.5, 0.6) is 0 Å². The summed E-state index contributed by atoms with van der Waals surface area (Å²) in [6, 6.07) is -1.43. The van der Waals surface area contributed by atoms with Crippen molar-refractivity contribution < 1.29 is 14.7 Å². The molecule has 0 saturated heterocycles. The van der Waals surface area contributed by atoms with Gasteiger partial charge in [-0.05, 0) is 32.6 Å². The molecule has 0 aromatic carbocycles. The first kappa shape index (κ1) is 14.4. The number of carboxylic acid groups (broad SMARTS) is 1. The van der Waals surface area contributed by atoms with E-state index in [2.05, 4.69) is 20.6 Å². The van der Waals surface area contributed by atoms with E-state index < -0.39 is 18.0 Å². The van der Waals surface area contributed by atoms with Crippen molar-refractivity contribution >= 4 is 12.0 Å². The fraction of sp³-hybridized carbons (Fsp3) is 0.615. The number of hydrogen-bond acceptors (Lipinski definition) is 3. The maximum atomic E-state index is 11.9. The first-order valence-corrected chi connectivity index (χ1v) is 6.67. The molecule has 0 spiro atoms. The van der Waals surface area contributed by atoms with Crippen molar-refractivity contribution in [1.29, 1.82) is 0 Å². The number of rotatable bonds is 6. The van der Waals surface area contributed by atoms with E-state index in [0.29, 0.717) is 11.6 Å². The second kappa shape index (κ2) is 5.52. The number of carboxylic acids is 1. The number of hydrogen-bond donors (Lipinski definition) is 4. The fourth-order valence-corrected chi connectivity index (χ4v) is 2.21. The summed E-state index contributed by atoms with van der Waals surface area (Å²) < 4.78 is 0. The summed E-state index contributed by atoms with van der Waals surface area (Å²) in [5.74, 6) is -0.594. The number of H-pyrrole nitrogens is 1. The molecule has 0 radical (unpaired) electrons. The molecular formula is C13H20N4O3. The Kier molecular flexibility index (Phi) is 3.96. The van der Waals surface area contributed by atoms with E-state index >= 15 is 0 Å². The zero-order valence-corrected chi connectivity index (χ0v) is 11.6. The molecule has 1 aliphatic rings. The van der Waals surface area contributed by atoms with Gasteiger partial charge in [0.05, 0.1) is 6.33 Å². The van der Waals surface area contributed by atoms with Crippen molar-refractivity contribution in [3.8, 4) is 0 Å². The number of carbonyl (C=O) groups is 2. The van der Waals surface area contributed by atoms with Crippen LogP contribution in [0.4, 0.5) is 4.79 Å². The molecule has 1 aliphatic carbocycles. The lowest BCUT2D eigenvalue weighted by molar-refractivity contribution is -0.139. The van der Waals surface area contributed by atoms with Crippen LogP contribution in [0.1, 0.15) is 32.4 Å². The monoisotopic (exact) mass is 280 g/mol. The van der Waals surface area contributed by atoms with E-state index in [0.717, 1.165) is 12.8 Å². The van der Waals surface area contributed by atoms with Crippen LogP contribution < -0.4 is 10.6 Å². The van der Waals surface area contributed by atoms with Gasteiger partial charge in [-0.1, -0.05) is 0 Å². The molecule has 110 valence electrons. The van der Waals surface area contributed by atoms with Gasteiger partial charge in [-0.2, -0.15) is 0 Å². The van der Waals surface area contributed by atoms with Gasteiger partial charge in [0.1, 0.15) is 6.04 Å². The van der Waals surface area contributed by atoms with Crippen molar-refractivity contribution in [3.63, 3.8) is 0 Å². The van der Waals surface area contributed by atoms with Gasteiger partial charge in [0.15, 0.2) is 0 Å². The van der Waals surface area contributed by atoms with Crippen molar-refractivity contribution in [2.24, 2.45) is 5.92 Å². The predicted octanol–water partition coefficient (Wildman–Crippen LogP) is 0.893. The summed E-state index contributed by atoms with van der Waals surface area (Å²) in [6.07, 6.45) is 5.40. The summed E-state index contributed by atoms with van der Waals surface area (Å²) >= 11 is 0. The third kappa shape index (κ3) is 3.72. The minimum atomic E-state index is -1.07.